The van der Waals surface area contributed by atoms with Crippen molar-refractivity contribution in [3.05, 3.63) is 58.7 Å². The Morgan fingerprint density at radius 2 is 2.05 bits per heavy atom. The quantitative estimate of drug-likeness (QED) is 0.631. The summed E-state index contributed by atoms with van der Waals surface area (Å²) in [7, 11) is 0. The van der Waals surface area contributed by atoms with E-state index in [2.05, 4.69) is 10.3 Å². The van der Waals surface area contributed by atoms with Gasteiger partial charge in [-0.3, -0.25) is 4.79 Å². The van der Waals surface area contributed by atoms with Crippen LogP contribution in [0, 0.1) is 0 Å². The van der Waals surface area contributed by atoms with Gasteiger partial charge in [0.2, 0.25) is 5.88 Å². The van der Waals surface area contributed by atoms with Crippen molar-refractivity contribution < 1.29 is 9.53 Å². The minimum Gasteiger partial charge on any atom is -0.476 e. The van der Waals surface area contributed by atoms with E-state index >= 15 is 0 Å². The van der Waals surface area contributed by atoms with E-state index in [-0.39, 0.29) is 5.78 Å². The van der Waals surface area contributed by atoms with Crippen LogP contribution in [0.5, 0.6) is 5.88 Å². The van der Waals surface area contributed by atoms with Crippen molar-refractivity contribution in [1.29, 1.82) is 0 Å². The number of pyridine rings is 1. The van der Waals surface area contributed by atoms with Crippen LogP contribution in [0.15, 0.2) is 42.6 Å². The number of benzene rings is 1. The van der Waals surface area contributed by atoms with Gasteiger partial charge in [0, 0.05) is 23.3 Å². The molecular weight excluding hydrogens is 288 g/mol. The van der Waals surface area contributed by atoms with Gasteiger partial charge in [0.1, 0.15) is 6.61 Å². The molecule has 1 aromatic heterocycles. The minimum absolute atomic E-state index is 0.127. The molecule has 5 heteroatoms. The summed E-state index contributed by atoms with van der Waals surface area (Å²) >= 11 is 5.84. The van der Waals surface area contributed by atoms with Crippen LogP contribution < -0.4 is 10.1 Å². The molecule has 0 fully saturated rings. The number of hydrogen-bond donors (Lipinski definition) is 1. The second-order valence-corrected chi connectivity index (χ2v) is 4.83. The lowest BCUT2D eigenvalue weighted by molar-refractivity contribution is 0.103. The minimum atomic E-state index is -0.127. The number of halogens is 1. The zero-order valence-electron chi connectivity index (χ0n) is 11.8. The highest BCUT2D eigenvalue weighted by atomic mass is 35.5. The van der Waals surface area contributed by atoms with Gasteiger partial charge in [-0.05, 0) is 42.9 Å². The second-order valence-electron chi connectivity index (χ2n) is 4.39. The van der Waals surface area contributed by atoms with Crippen molar-refractivity contribution in [2.24, 2.45) is 0 Å². The van der Waals surface area contributed by atoms with Gasteiger partial charge in [0.05, 0.1) is 5.56 Å². The number of nitrogens with zero attached hydrogens (tertiary/aromatic N) is 1. The van der Waals surface area contributed by atoms with Gasteiger partial charge in [-0.25, -0.2) is 4.98 Å². The first-order valence-corrected chi connectivity index (χ1v) is 7.19. The Morgan fingerprint density at radius 3 is 2.76 bits per heavy atom. The fraction of sp³-hybridized carbons (Fsp3) is 0.250. The third kappa shape index (κ3) is 4.28. The van der Waals surface area contributed by atoms with E-state index in [4.69, 9.17) is 16.3 Å². The fourth-order valence-corrected chi connectivity index (χ4v) is 1.96. The molecule has 0 amide bonds. The molecule has 0 atom stereocenters. The highest BCUT2D eigenvalue weighted by Gasteiger charge is 2.15. The number of ether oxygens (including phenoxy) is 1. The average Bonchev–Trinajstić information content (AvgIpc) is 2.52. The Kier molecular flexibility index (Phi) is 5.72. The summed E-state index contributed by atoms with van der Waals surface area (Å²) in [5, 5.41) is 3.75. The van der Waals surface area contributed by atoms with Gasteiger partial charge >= 0.3 is 0 Å². The normalized spacial score (nSPS) is 10.4. The third-order valence-electron chi connectivity index (χ3n) is 2.89. The SMILES string of the molecule is CCNCCOc1ncccc1C(=O)c1ccc(Cl)cc1. The Hall–Kier alpha value is -1.91. The van der Waals surface area contributed by atoms with Gasteiger partial charge in [0.25, 0.3) is 0 Å². The van der Waals surface area contributed by atoms with Crippen LogP contribution in [-0.4, -0.2) is 30.5 Å². The Labute approximate surface area is 129 Å². The van der Waals surface area contributed by atoms with Crippen LogP contribution in [-0.2, 0) is 0 Å². The van der Waals surface area contributed by atoms with Crippen molar-refractivity contribution >= 4 is 17.4 Å². The van der Waals surface area contributed by atoms with E-state index < -0.39 is 0 Å². The molecule has 0 spiro atoms. The molecule has 2 aromatic rings. The van der Waals surface area contributed by atoms with Gasteiger partial charge in [-0.1, -0.05) is 18.5 Å². The topological polar surface area (TPSA) is 51.2 Å². The maximum atomic E-state index is 12.5. The molecule has 0 radical (unpaired) electrons. The number of nitrogens with one attached hydrogen (secondary N) is 1. The molecule has 0 unspecified atom stereocenters. The van der Waals surface area contributed by atoms with Crippen molar-refractivity contribution in [3.63, 3.8) is 0 Å². The first-order valence-electron chi connectivity index (χ1n) is 6.81. The fourth-order valence-electron chi connectivity index (χ4n) is 1.83. The summed E-state index contributed by atoms with van der Waals surface area (Å²) in [6.45, 7) is 4.08. The van der Waals surface area contributed by atoms with Crippen molar-refractivity contribution in [2.45, 2.75) is 6.92 Å². The van der Waals surface area contributed by atoms with E-state index in [1.54, 1.807) is 42.6 Å². The number of likely N-dealkylation sites (N-methyl/N-ethyl adjacent to an activating group) is 1. The number of carbonyl (C=O) groups is 1. The Morgan fingerprint density at radius 1 is 1.29 bits per heavy atom. The van der Waals surface area contributed by atoms with E-state index in [0.717, 1.165) is 6.54 Å². The number of rotatable bonds is 7. The molecule has 0 aliphatic rings. The molecule has 1 aromatic carbocycles. The molecule has 0 bridgehead atoms. The lowest BCUT2D eigenvalue weighted by Gasteiger charge is -2.09. The monoisotopic (exact) mass is 304 g/mol. The molecule has 2 rings (SSSR count). The van der Waals surface area contributed by atoms with Crippen molar-refractivity contribution in [3.8, 4) is 5.88 Å². The summed E-state index contributed by atoms with van der Waals surface area (Å²) in [6.07, 6.45) is 1.61. The number of carbonyl (C=O) groups excluding carboxylic acids is 1. The van der Waals surface area contributed by atoms with Gasteiger partial charge in [0.15, 0.2) is 5.78 Å². The van der Waals surface area contributed by atoms with E-state index in [1.165, 1.54) is 0 Å². The number of aromatic nitrogens is 1. The maximum Gasteiger partial charge on any atom is 0.224 e. The Balaban J connectivity index is 2.15. The maximum absolute atomic E-state index is 12.5. The first kappa shape index (κ1) is 15.5. The molecule has 1 N–H and O–H groups in total. The lowest BCUT2D eigenvalue weighted by atomic mass is 10.0. The van der Waals surface area contributed by atoms with E-state index in [0.29, 0.717) is 35.2 Å². The zero-order chi connectivity index (χ0) is 15.1. The van der Waals surface area contributed by atoms with Gasteiger partial charge < -0.3 is 10.1 Å². The summed E-state index contributed by atoms with van der Waals surface area (Å²) < 4.78 is 5.59. The van der Waals surface area contributed by atoms with Crippen molar-refractivity contribution in [1.82, 2.24) is 10.3 Å². The highest BCUT2D eigenvalue weighted by molar-refractivity contribution is 6.30. The van der Waals surface area contributed by atoms with E-state index in [1.807, 2.05) is 6.92 Å². The molecule has 110 valence electrons. The molecule has 1 heterocycles. The van der Waals surface area contributed by atoms with Crippen LogP contribution in [0.3, 0.4) is 0 Å². The second kappa shape index (κ2) is 7.76. The van der Waals surface area contributed by atoms with Crippen LogP contribution in [0.25, 0.3) is 0 Å². The van der Waals surface area contributed by atoms with Crippen LogP contribution in [0.4, 0.5) is 0 Å². The largest absolute Gasteiger partial charge is 0.476 e. The third-order valence-corrected chi connectivity index (χ3v) is 3.14. The highest BCUT2D eigenvalue weighted by Crippen LogP contribution is 2.20. The molecule has 21 heavy (non-hydrogen) atoms. The van der Waals surface area contributed by atoms with Crippen LogP contribution in [0.1, 0.15) is 22.8 Å². The van der Waals surface area contributed by atoms with Gasteiger partial charge in [-0.2, -0.15) is 0 Å². The molecule has 0 aliphatic heterocycles. The summed E-state index contributed by atoms with van der Waals surface area (Å²) in [5.41, 5.74) is 1.01. The lowest BCUT2D eigenvalue weighted by Crippen LogP contribution is -2.21. The smallest absolute Gasteiger partial charge is 0.224 e. The Bertz CT molecular complexity index is 599. The molecule has 4 nitrogen and oxygen atoms in total. The predicted molar refractivity (Wildman–Crippen MR) is 83.2 cm³/mol. The number of hydrogen-bond acceptors (Lipinski definition) is 4. The first-order chi connectivity index (χ1) is 10.2. The van der Waals surface area contributed by atoms with Crippen molar-refractivity contribution in [2.75, 3.05) is 19.7 Å². The zero-order valence-corrected chi connectivity index (χ0v) is 12.6. The van der Waals surface area contributed by atoms with E-state index in [9.17, 15) is 4.79 Å². The molecule has 0 saturated carbocycles. The van der Waals surface area contributed by atoms with Gasteiger partial charge in [-0.15, -0.1) is 0 Å². The standard InChI is InChI=1S/C16H17ClN2O2/c1-2-18-10-11-21-16-14(4-3-9-19-16)15(20)12-5-7-13(17)8-6-12/h3-9,18H,2,10-11H2,1H3. The molecule has 0 aliphatic carbocycles. The summed E-state index contributed by atoms with van der Waals surface area (Å²) in [5.74, 6) is 0.230. The van der Waals surface area contributed by atoms with Crippen LogP contribution >= 0.6 is 11.6 Å². The summed E-state index contributed by atoms with van der Waals surface area (Å²) in [6, 6.07) is 10.2. The number of ketones is 1. The van der Waals surface area contributed by atoms with Crippen LogP contribution in [0.2, 0.25) is 5.02 Å². The predicted octanol–water partition coefficient (Wildman–Crippen LogP) is 2.95. The molecule has 0 saturated heterocycles. The summed E-state index contributed by atoms with van der Waals surface area (Å²) in [4.78, 5) is 16.6. The molecular formula is C16H17ClN2O2. The average molecular weight is 305 g/mol.